The number of amides is 1. The molecular weight excluding hydrogens is 292 g/mol. The fourth-order valence-electron chi connectivity index (χ4n) is 2.43. The molecule has 5 nitrogen and oxygen atoms in total. The zero-order chi connectivity index (χ0) is 15.2. The van der Waals surface area contributed by atoms with Gasteiger partial charge >= 0.3 is 0 Å². The largest absolute Gasteiger partial charge is 0.387 e. The van der Waals surface area contributed by atoms with E-state index in [4.69, 9.17) is 16.3 Å². The van der Waals surface area contributed by atoms with Crippen molar-refractivity contribution in [3.63, 3.8) is 0 Å². The Kier molecular flexibility index (Phi) is 5.99. The average Bonchev–Trinajstić information content (AvgIpc) is 2.49. The van der Waals surface area contributed by atoms with E-state index >= 15 is 0 Å². The van der Waals surface area contributed by atoms with Crippen molar-refractivity contribution in [2.75, 3.05) is 46.4 Å². The van der Waals surface area contributed by atoms with Gasteiger partial charge in [0.15, 0.2) is 0 Å². The maximum Gasteiger partial charge on any atom is 0.248 e. The van der Waals surface area contributed by atoms with Crippen LogP contribution in [-0.2, 0) is 9.53 Å². The highest BCUT2D eigenvalue weighted by atomic mass is 35.5. The van der Waals surface area contributed by atoms with Crippen LogP contribution in [0, 0.1) is 0 Å². The Morgan fingerprint density at radius 3 is 2.48 bits per heavy atom. The van der Waals surface area contributed by atoms with Gasteiger partial charge in [0.2, 0.25) is 5.91 Å². The van der Waals surface area contributed by atoms with Gasteiger partial charge in [0.25, 0.3) is 0 Å². The van der Waals surface area contributed by atoms with Gasteiger partial charge in [-0.25, -0.2) is 0 Å². The lowest BCUT2D eigenvalue weighted by atomic mass is 10.1. The Hall–Kier alpha value is -1.14. The number of carbonyl (C=O) groups is 1. The Balaban J connectivity index is 1.80. The number of carbonyl (C=O) groups excluding carboxylic acids is 1. The number of nitrogens with zero attached hydrogens (tertiary/aromatic N) is 2. The van der Waals surface area contributed by atoms with Crippen LogP contribution in [0.25, 0.3) is 0 Å². The summed E-state index contributed by atoms with van der Waals surface area (Å²) in [7, 11) is 1.52. The monoisotopic (exact) mass is 312 g/mol. The minimum atomic E-state index is -0.538. The van der Waals surface area contributed by atoms with Crippen molar-refractivity contribution in [1.82, 2.24) is 9.80 Å². The summed E-state index contributed by atoms with van der Waals surface area (Å²) >= 11 is 5.84. The molecule has 1 heterocycles. The molecule has 1 aromatic rings. The highest BCUT2D eigenvalue weighted by Crippen LogP contribution is 2.18. The third kappa shape index (κ3) is 4.68. The van der Waals surface area contributed by atoms with E-state index < -0.39 is 6.10 Å². The highest BCUT2D eigenvalue weighted by molar-refractivity contribution is 6.30. The molecule has 1 aromatic carbocycles. The second kappa shape index (κ2) is 7.75. The van der Waals surface area contributed by atoms with E-state index in [9.17, 15) is 9.90 Å². The van der Waals surface area contributed by atoms with Crippen molar-refractivity contribution in [3.05, 3.63) is 34.9 Å². The zero-order valence-corrected chi connectivity index (χ0v) is 12.9. The van der Waals surface area contributed by atoms with Gasteiger partial charge in [-0.1, -0.05) is 23.7 Å². The first-order chi connectivity index (χ1) is 10.1. The number of β-amino-alcohol motifs (C(OH)–C–C–N with tert-alkyl or cyclic N) is 1. The molecule has 21 heavy (non-hydrogen) atoms. The van der Waals surface area contributed by atoms with Crippen LogP contribution in [0.1, 0.15) is 11.7 Å². The number of hydrogen-bond acceptors (Lipinski definition) is 4. The number of ether oxygens (including phenoxy) is 1. The number of piperazine rings is 1. The Morgan fingerprint density at radius 2 is 1.90 bits per heavy atom. The average molecular weight is 313 g/mol. The van der Waals surface area contributed by atoms with Gasteiger partial charge < -0.3 is 14.7 Å². The Labute approximate surface area is 130 Å². The SMILES string of the molecule is COCC(=O)N1CCN(CC(O)c2ccc(Cl)cc2)CC1. The van der Waals surface area contributed by atoms with Gasteiger partial charge in [-0.3, -0.25) is 9.69 Å². The maximum absolute atomic E-state index is 11.7. The van der Waals surface area contributed by atoms with E-state index in [1.165, 1.54) is 7.11 Å². The lowest BCUT2D eigenvalue weighted by molar-refractivity contribution is -0.137. The van der Waals surface area contributed by atoms with E-state index in [1.54, 1.807) is 17.0 Å². The molecule has 0 aliphatic carbocycles. The summed E-state index contributed by atoms with van der Waals surface area (Å²) in [5.41, 5.74) is 0.859. The van der Waals surface area contributed by atoms with Crippen molar-refractivity contribution in [3.8, 4) is 0 Å². The summed E-state index contributed by atoms with van der Waals surface area (Å²) in [6, 6.07) is 7.24. The molecule has 116 valence electrons. The number of benzene rings is 1. The molecule has 2 rings (SSSR count). The first kappa shape index (κ1) is 16.2. The molecule has 0 aromatic heterocycles. The van der Waals surface area contributed by atoms with Gasteiger partial charge in [0, 0.05) is 44.9 Å². The topological polar surface area (TPSA) is 53.0 Å². The van der Waals surface area contributed by atoms with Crippen LogP contribution in [0.3, 0.4) is 0 Å². The van der Waals surface area contributed by atoms with E-state index in [1.807, 2.05) is 12.1 Å². The molecule has 1 amide bonds. The van der Waals surface area contributed by atoms with E-state index in [2.05, 4.69) is 4.90 Å². The fraction of sp³-hybridized carbons (Fsp3) is 0.533. The number of halogens is 1. The molecule has 1 aliphatic heterocycles. The Morgan fingerprint density at radius 1 is 1.29 bits per heavy atom. The highest BCUT2D eigenvalue weighted by Gasteiger charge is 2.22. The lowest BCUT2D eigenvalue weighted by Gasteiger charge is -2.35. The third-order valence-corrected chi connectivity index (χ3v) is 3.93. The van der Waals surface area contributed by atoms with Crippen LogP contribution >= 0.6 is 11.6 Å². The van der Waals surface area contributed by atoms with Crippen LogP contribution in [0.2, 0.25) is 5.02 Å². The first-order valence-electron chi connectivity index (χ1n) is 7.02. The number of hydrogen-bond donors (Lipinski definition) is 1. The molecule has 0 bridgehead atoms. The lowest BCUT2D eigenvalue weighted by Crippen LogP contribution is -2.50. The standard InChI is InChI=1S/C15H21ClN2O3/c1-21-11-15(20)18-8-6-17(7-9-18)10-14(19)12-2-4-13(16)5-3-12/h2-5,14,19H,6-11H2,1H3. The minimum absolute atomic E-state index is 0.0235. The molecule has 1 fully saturated rings. The van der Waals surface area contributed by atoms with Crippen LogP contribution < -0.4 is 0 Å². The van der Waals surface area contributed by atoms with Crippen molar-refractivity contribution >= 4 is 17.5 Å². The number of aliphatic hydroxyl groups is 1. The van der Waals surface area contributed by atoms with E-state index in [-0.39, 0.29) is 12.5 Å². The van der Waals surface area contributed by atoms with Gasteiger partial charge in [0.1, 0.15) is 6.61 Å². The Bertz CT molecular complexity index is 458. The summed E-state index contributed by atoms with van der Waals surface area (Å²) in [4.78, 5) is 15.7. The van der Waals surface area contributed by atoms with Crippen molar-refractivity contribution < 1.29 is 14.6 Å². The normalized spacial score (nSPS) is 17.8. The molecule has 1 aliphatic rings. The molecule has 0 saturated carbocycles. The quantitative estimate of drug-likeness (QED) is 0.886. The fourth-order valence-corrected chi connectivity index (χ4v) is 2.56. The van der Waals surface area contributed by atoms with Gasteiger partial charge in [-0.2, -0.15) is 0 Å². The molecule has 0 spiro atoms. The smallest absolute Gasteiger partial charge is 0.248 e. The van der Waals surface area contributed by atoms with Crippen LogP contribution in [0.4, 0.5) is 0 Å². The number of methoxy groups -OCH3 is 1. The van der Waals surface area contributed by atoms with Crippen LogP contribution in [0.5, 0.6) is 0 Å². The first-order valence-corrected chi connectivity index (χ1v) is 7.40. The molecule has 0 radical (unpaired) electrons. The van der Waals surface area contributed by atoms with Gasteiger partial charge in [-0.15, -0.1) is 0 Å². The number of rotatable bonds is 5. The predicted molar refractivity (Wildman–Crippen MR) is 81.3 cm³/mol. The summed E-state index contributed by atoms with van der Waals surface area (Å²) < 4.78 is 4.86. The maximum atomic E-state index is 11.7. The van der Waals surface area contributed by atoms with Gasteiger partial charge in [-0.05, 0) is 17.7 Å². The zero-order valence-electron chi connectivity index (χ0n) is 12.2. The molecule has 1 atom stereocenters. The summed E-state index contributed by atoms with van der Waals surface area (Å²) in [5.74, 6) is 0.0235. The summed E-state index contributed by atoms with van der Waals surface area (Å²) in [6.07, 6.45) is -0.538. The number of aliphatic hydroxyl groups excluding tert-OH is 1. The van der Waals surface area contributed by atoms with Crippen molar-refractivity contribution in [2.45, 2.75) is 6.10 Å². The van der Waals surface area contributed by atoms with Crippen LogP contribution in [0.15, 0.2) is 24.3 Å². The van der Waals surface area contributed by atoms with Crippen molar-refractivity contribution in [1.29, 1.82) is 0 Å². The predicted octanol–water partition coefficient (Wildman–Crippen LogP) is 1.16. The molecule has 1 N–H and O–H groups in total. The summed E-state index contributed by atoms with van der Waals surface area (Å²) in [5, 5.41) is 10.9. The van der Waals surface area contributed by atoms with Crippen molar-refractivity contribution in [2.24, 2.45) is 0 Å². The second-order valence-electron chi connectivity index (χ2n) is 5.18. The molecule has 6 heteroatoms. The van der Waals surface area contributed by atoms with E-state index in [0.717, 1.165) is 18.7 Å². The molecule has 1 unspecified atom stereocenters. The van der Waals surface area contributed by atoms with Gasteiger partial charge in [0.05, 0.1) is 6.10 Å². The molecule has 1 saturated heterocycles. The van der Waals surface area contributed by atoms with Crippen LogP contribution in [-0.4, -0.2) is 67.3 Å². The third-order valence-electron chi connectivity index (χ3n) is 3.68. The van der Waals surface area contributed by atoms with E-state index in [0.29, 0.717) is 24.7 Å². The summed E-state index contributed by atoms with van der Waals surface area (Å²) in [6.45, 7) is 3.58. The minimum Gasteiger partial charge on any atom is -0.387 e. The molecular formula is C15H21ClN2O3. The second-order valence-corrected chi connectivity index (χ2v) is 5.62.